The van der Waals surface area contributed by atoms with Crippen LogP contribution in [-0.2, 0) is 24.2 Å². The average molecular weight is 495 g/mol. The molecule has 3 heterocycles. The number of alkyl halides is 2. The van der Waals surface area contributed by atoms with E-state index in [1.54, 1.807) is 17.5 Å². The van der Waals surface area contributed by atoms with E-state index in [1.807, 2.05) is 6.92 Å². The Morgan fingerprint density at radius 3 is 2.73 bits per heavy atom. The maximum Gasteiger partial charge on any atom is 0.257 e. The molecule has 5 nitrogen and oxygen atoms in total. The number of aromatic nitrogens is 2. The summed E-state index contributed by atoms with van der Waals surface area (Å²) in [5.41, 5.74) is 1.03. The fourth-order valence-electron chi connectivity index (χ4n) is 5.31. The third-order valence-corrected chi connectivity index (χ3v) is 9.65. The lowest BCUT2D eigenvalue weighted by molar-refractivity contribution is -0.121. The van der Waals surface area contributed by atoms with Crippen LogP contribution in [0.5, 0.6) is 0 Å². The third-order valence-electron chi connectivity index (χ3n) is 7.47. The van der Waals surface area contributed by atoms with Crippen LogP contribution in [0.3, 0.4) is 0 Å². The van der Waals surface area contributed by atoms with Crippen molar-refractivity contribution in [1.29, 1.82) is 0 Å². The molecule has 9 heteroatoms. The summed E-state index contributed by atoms with van der Waals surface area (Å²) in [6.45, 7) is 4.80. The number of carbonyl (C=O) groups is 1. The van der Waals surface area contributed by atoms with E-state index in [2.05, 4.69) is 20.2 Å². The molecule has 180 valence electrons. The molecule has 0 aromatic carbocycles. The van der Waals surface area contributed by atoms with Gasteiger partial charge in [-0.15, -0.1) is 22.7 Å². The lowest BCUT2D eigenvalue weighted by Crippen LogP contribution is -2.39. The summed E-state index contributed by atoms with van der Waals surface area (Å²) >= 11 is 3.11. The SMILES string of the molecule is Cc1ncc(CC(=O)N[C@H]2CC[C@H](CCN3CCc4sc(C5CCC5(F)F)nc4C3)CC2)s1. The smallest absolute Gasteiger partial charge is 0.257 e. The van der Waals surface area contributed by atoms with E-state index in [0.29, 0.717) is 29.8 Å². The van der Waals surface area contributed by atoms with Crippen LogP contribution >= 0.6 is 22.7 Å². The van der Waals surface area contributed by atoms with E-state index in [-0.39, 0.29) is 12.3 Å². The highest BCUT2D eigenvalue weighted by molar-refractivity contribution is 7.12. The van der Waals surface area contributed by atoms with Crippen molar-refractivity contribution in [3.63, 3.8) is 0 Å². The second-order valence-electron chi connectivity index (χ2n) is 9.90. The van der Waals surface area contributed by atoms with Gasteiger partial charge in [0.1, 0.15) is 5.01 Å². The summed E-state index contributed by atoms with van der Waals surface area (Å²) in [4.78, 5) is 25.9. The van der Waals surface area contributed by atoms with Gasteiger partial charge in [-0.1, -0.05) is 0 Å². The van der Waals surface area contributed by atoms with E-state index in [9.17, 15) is 13.6 Å². The fourth-order valence-corrected chi connectivity index (χ4v) is 7.36. The van der Waals surface area contributed by atoms with Gasteiger partial charge in [-0.2, -0.15) is 0 Å². The van der Waals surface area contributed by atoms with Gasteiger partial charge in [0, 0.05) is 41.5 Å². The molecule has 0 spiro atoms. The van der Waals surface area contributed by atoms with E-state index < -0.39 is 11.8 Å². The first kappa shape index (κ1) is 23.3. The Kier molecular flexibility index (Phi) is 6.82. The summed E-state index contributed by atoms with van der Waals surface area (Å²) in [7, 11) is 0. The minimum atomic E-state index is -2.56. The third kappa shape index (κ3) is 5.46. The van der Waals surface area contributed by atoms with Crippen LogP contribution in [-0.4, -0.2) is 45.8 Å². The summed E-state index contributed by atoms with van der Waals surface area (Å²) in [5.74, 6) is -2.40. The van der Waals surface area contributed by atoms with E-state index in [0.717, 1.165) is 73.7 Å². The lowest BCUT2D eigenvalue weighted by Gasteiger charge is -2.34. The molecule has 1 aliphatic heterocycles. The van der Waals surface area contributed by atoms with Crippen molar-refractivity contribution in [1.82, 2.24) is 20.2 Å². The molecule has 0 bridgehead atoms. The number of hydrogen-bond donors (Lipinski definition) is 1. The molecular formula is C24H32F2N4OS2. The van der Waals surface area contributed by atoms with Gasteiger partial charge in [0.25, 0.3) is 5.92 Å². The van der Waals surface area contributed by atoms with Crippen LogP contribution in [0.25, 0.3) is 0 Å². The molecule has 2 saturated carbocycles. The van der Waals surface area contributed by atoms with Crippen molar-refractivity contribution >= 4 is 28.6 Å². The van der Waals surface area contributed by atoms with Gasteiger partial charge in [0.05, 0.1) is 23.0 Å². The highest BCUT2D eigenvalue weighted by Gasteiger charge is 2.50. The number of amides is 1. The molecule has 2 aliphatic carbocycles. The zero-order valence-electron chi connectivity index (χ0n) is 19.1. The number of rotatable bonds is 7. The van der Waals surface area contributed by atoms with Crippen LogP contribution in [0.4, 0.5) is 8.78 Å². The Labute approximate surface area is 202 Å². The van der Waals surface area contributed by atoms with Crippen molar-refractivity contribution in [3.8, 4) is 0 Å². The Balaban J connectivity index is 1.03. The zero-order valence-corrected chi connectivity index (χ0v) is 20.7. The molecule has 0 radical (unpaired) electrons. The molecule has 2 fully saturated rings. The van der Waals surface area contributed by atoms with E-state index in [4.69, 9.17) is 0 Å². The topological polar surface area (TPSA) is 58.1 Å². The second-order valence-corrected chi connectivity index (χ2v) is 12.3. The molecule has 2 aromatic rings. The maximum absolute atomic E-state index is 13.8. The standard InChI is InChI=1S/C24H32F2N4OS2/c1-15-27-13-18(32-15)12-22(31)28-17-4-2-16(3-5-17)7-10-30-11-8-21-20(14-30)29-23(33-21)19-6-9-24(19,25)26/h13,16-17,19H,2-12,14H2,1H3,(H,28,31)/t16-,17-,19?. The fraction of sp³-hybridized carbons (Fsp3) is 0.708. The normalized spacial score (nSPS) is 27.1. The molecule has 1 N–H and O–H groups in total. The average Bonchev–Trinajstić information content (AvgIpc) is 3.37. The van der Waals surface area contributed by atoms with Crippen LogP contribution < -0.4 is 5.32 Å². The number of thiazole rings is 2. The summed E-state index contributed by atoms with van der Waals surface area (Å²) < 4.78 is 27.6. The largest absolute Gasteiger partial charge is 0.353 e. The monoisotopic (exact) mass is 494 g/mol. The van der Waals surface area contributed by atoms with Crippen LogP contribution in [0.1, 0.15) is 76.3 Å². The van der Waals surface area contributed by atoms with Crippen molar-refractivity contribution in [2.75, 3.05) is 13.1 Å². The minimum absolute atomic E-state index is 0.00573. The molecule has 1 unspecified atom stereocenters. The molecular weight excluding hydrogens is 462 g/mol. The van der Waals surface area contributed by atoms with Crippen LogP contribution in [0.15, 0.2) is 6.20 Å². The number of fused-ring (bicyclic) bond motifs is 1. The zero-order chi connectivity index (χ0) is 23.0. The Morgan fingerprint density at radius 1 is 1.24 bits per heavy atom. The predicted molar refractivity (Wildman–Crippen MR) is 127 cm³/mol. The van der Waals surface area contributed by atoms with Gasteiger partial charge < -0.3 is 5.32 Å². The highest BCUT2D eigenvalue weighted by Crippen LogP contribution is 2.51. The lowest BCUT2D eigenvalue weighted by atomic mass is 9.81. The number of nitrogens with one attached hydrogen (secondary N) is 1. The number of halogens is 2. The maximum atomic E-state index is 13.8. The van der Waals surface area contributed by atoms with Crippen molar-refractivity contribution in [2.45, 2.75) is 89.1 Å². The molecule has 1 amide bonds. The van der Waals surface area contributed by atoms with Gasteiger partial charge in [-0.05, 0) is 64.3 Å². The van der Waals surface area contributed by atoms with Crippen LogP contribution in [0.2, 0.25) is 0 Å². The quantitative estimate of drug-likeness (QED) is 0.583. The molecule has 1 atom stereocenters. The Morgan fingerprint density at radius 2 is 2.06 bits per heavy atom. The van der Waals surface area contributed by atoms with E-state index in [1.165, 1.54) is 16.2 Å². The number of aryl methyl sites for hydroxylation is 1. The summed E-state index contributed by atoms with van der Waals surface area (Å²) in [6.07, 6.45) is 9.30. The highest BCUT2D eigenvalue weighted by atomic mass is 32.1. The Bertz CT molecular complexity index is 983. The van der Waals surface area contributed by atoms with E-state index >= 15 is 0 Å². The summed E-state index contributed by atoms with van der Waals surface area (Å²) in [6, 6.07) is 0.290. The first-order valence-corrected chi connectivity index (χ1v) is 13.8. The molecule has 0 saturated heterocycles. The van der Waals surface area contributed by atoms with Gasteiger partial charge in [-0.25, -0.2) is 18.7 Å². The number of carbonyl (C=O) groups excluding carboxylic acids is 1. The summed E-state index contributed by atoms with van der Waals surface area (Å²) in [5, 5.41) is 4.86. The molecule has 3 aliphatic rings. The van der Waals surface area contributed by atoms with Gasteiger partial charge >= 0.3 is 0 Å². The minimum Gasteiger partial charge on any atom is -0.353 e. The van der Waals surface area contributed by atoms with Crippen molar-refractivity contribution < 1.29 is 13.6 Å². The predicted octanol–water partition coefficient (Wildman–Crippen LogP) is 5.09. The van der Waals surface area contributed by atoms with Gasteiger partial charge in [-0.3, -0.25) is 9.69 Å². The van der Waals surface area contributed by atoms with Crippen molar-refractivity contribution in [2.24, 2.45) is 5.92 Å². The number of nitrogens with zero attached hydrogens (tertiary/aromatic N) is 3. The molecule has 5 rings (SSSR count). The first-order valence-electron chi connectivity index (χ1n) is 12.1. The van der Waals surface area contributed by atoms with Crippen molar-refractivity contribution in [3.05, 3.63) is 31.7 Å². The van der Waals surface area contributed by atoms with Crippen LogP contribution in [0, 0.1) is 12.8 Å². The van der Waals surface area contributed by atoms with Gasteiger partial charge in [0.2, 0.25) is 5.91 Å². The molecule has 33 heavy (non-hydrogen) atoms. The number of hydrogen-bond acceptors (Lipinski definition) is 6. The first-order chi connectivity index (χ1) is 15.9. The van der Waals surface area contributed by atoms with Gasteiger partial charge in [0.15, 0.2) is 0 Å². The second kappa shape index (κ2) is 9.66. The molecule has 2 aromatic heterocycles. The Hall–Kier alpha value is -1.45.